The van der Waals surface area contributed by atoms with E-state index in [1.165, 1.54) is 12.8 Å². The first-order valence-electron chi connectivity index (χ1n) is 11.3. The van der Waals surface area contributed by atoms with Gasteiger partial charge in [-0.25, -0.2) is 0 Å². The molecule has 0 radical (unpaired) electrons. The van der Waals surface area contributed by atoms with E-state index in [0.717, 1.165) is 42.5 Å². The van der Waals surface area contributed by atoms with Crippen LogP contribution in [0.1, 0.15) is 71.1 Å². The van der Waals surface area contributed by atoms with Gasteiger partial charge in [0, 0.05) is 11.1 Å². The second kappa shape index (κ2) is 11.6. The summed E-state index contributed by atoms with van der Waals surface area (Å²) in [5, 5.41) is 11.7. The van der Waals surface area contributed by atoms with Crippen LogP contribution in [0.15, 0.2) is 66.9 Å². The van der Waals surface area contributed by atoms with Crippen molar-refractivity contribution in [3.63, 3.8) is 0 Å². The highest BCUT2D eigenvalue weighted by atomic mass is 16.7. The summed E-state index contributed by atoms with van der Waals surface area (Å²) in [5.74, 6) is 0.714. The number of benzene rings is 2. The molecule has 1 aromatic heterocycles. The molecule has 0 aliphatic rings. The number of hydrogen-bond acceptors (Lipinski definition) is 5. The van der Waals surface area contributed by atoms with Crippen molar-refractivity contribution in [3.8, 4) is 17.0 Å². The first-order chi connectivity index (χ1) is 15.2. The van der Waals surface area contributed by atoms with Crippen LogP contribution < -0.4 is 4.74 Å². The van der Waals surface area contributed by atoms with Gasteiger partial charge in [0.25, 0.3) is 0 Å². The lowest BCUT2D eigenvalue weighted by Gasteiger charge is -2.36. The highest BCUT2D eigenvalue weighted by molar-refractivity contribution is 5.66. The Labute approximate surface area is 185 Å². The summed E-state index contributed by atoms with van der Waals surface area (Å²) in [6, 6.07) is 19.9. The van der Waals surface area contributed by atoms with E-state index in [9.17, 15) is 0 Å². The molecule has 1 unspecified atom stereocenters. The molecule has 0 saturated carbocycles. The summed E-state index contributed by atoms with van der Waals surface area (Å²) in [5.41, 5.74) is 2.37. The van der Waals surface area contributed by atoms with Crippen LogP contribution in [0.5, 0.6) is 5.75 Å². The summed E-state index contributed by atoms with van der Waals surface area (Å²) in [4.78, 5) is 0. The van der Waals surface area contributed by atoms with Crippen LogP contribution >= 0.6 is 0 Å². The monoisotopic (exact) mass is 419 g/mol. The highest BCUT2D eigenvalue weighted by Gasteiger charge is 2.32. The average Bonchev–Trinajstić information content (AvgIpc) is 2.84. The molecule has 0 aliphatic carbocycles. The normalized spacial score (nSPS) is 12.5. The molecule has 0 aliphatic heterocycles. The quantitative estimate of drug-likeness (QED) is 0.239. The van der Waals surface area contributed by atoms with E-state index in [-0.39, 0.29) is 5.60 Å². The summed E-state index contributed by atoms with van der Waals surface area (Å²) in [6.07, 6.45) is 7.60. The Morgan fingerprint density at radius 1 is 0.871 bits per heavy atom. The zero-order valence-electron chi connectivity index (χ0n) is 18.8. The number of aromatic nitrogens is 3. The van der Waals surface area contributed by atoms with Crippen LogP contribution in [0.25, 0.3) is 11.3 Å². The number of unbranched alkanes of at least 4 members (excludes halogenated alkanes) is 2. The van der Waals surface area contributed by atoms with E-state index in [1.807, 2.05) is 48.5 Å². The lowest BCUT2D eigenvalue weighted by Crippen LogP contribution is -2.34. The molecule has 164 valence electrons. The molecule has 3 rings (SSSR count). The van der Waals surface area contributed by atoms with Crippen molar-refractivity contribution in [3.05, 3.63) is 72.4 Å². The van der Waals surface area contributed by atoms with Gasteiger partial charge in [0.05, 0.1) is 11.8 Å². The molecule has 5 heteroatoms. The van der Waals surface area contributed by atoms with Crippen LogP contribution in [0.4, 0.5) is 0 Å². The third-order valence-corrected chi connectivity index (χ3v) is 5.85. The van der Waals surface area contributed by atoms with E-state index in [2.05, 4.69) is 48.3 Å². The van der Waals surface area contributed by atoms with Crippen molar-refractivity contribution in [1.82, 2.24) is 15.4 Å². The number of ether oxygens (including phenoxy) is 2. The molecule has 0 saturated heterocycles. The van der Waals surface area contributed by atoms with Crippen LogP contribution in [-0.4, -0.2) is 21.0 Å². The van der Waals surface area contributed by atoms with Gasteiger partial charge >= 0.3 is 0 Å². The van der Waals surface area contributed by atoms with Gasteiger partial charge in [-0.1, -0.05) is 82.5 Å². The minimum Gasteiger partial charge on any atom is -0.460 e. The molecule has 1 atom stereocenters. The topological polar surface area (TPSA) is 57.1 Å². The van der Waals surface area contributed by atoms with Gasteiger partial charge < -0.3 is 9.47 Å². The van der Waals surface area contributed by atoms with Gasteiger partial charge in [-0.15, -0.1) is 10.2 Å². The second-order valence-corrected chi connectivity index (χ2v) is 7.83. The molecule has 5 nitrogen and oxygen atoms in total. The Bertz CT molecular complexity index is 899. The van der Waals surface area contributed by atoms with Crippen molar-refractivity contribution in [2.75, 3.05) is 0 Å². The molecular weight excluding hydrogens is 386 g/mol. The van der Waals surface area contributed by atoms with Crippen molar-refractivity contribution in [1.29, 1.82) is 0 Å². The average molecular weight is 420 g/mol. The maximum Gasteiger partial charge on any atom is 0.227 e. The molecule has 2 aromatic carbocycles. The van der Waals surface area contributed by atoms with Crippen molar-refractivity contribution in [2.24, 2.45) is 0 Å². The first kappa shape index (κ1) is 22.9. The van der Waals surface area contributed by atoms with E-state index in [4.69, 9.17) is 9.47 Å². The van der Waals surface area contributed by atoms with Crippen molar-refractivity contribution < 1.29 is 9.47 Å². The molecule has 31 heavy (non-hydrogen) atoms. The Morgan fingerprint density at radius 2 is 1.61 bits per heavy atom. The van der Waals surface area contributed by atoms with Gasteiger partial charge in [0.15, 0.2) is 0 Å². The van der Waals surface area contributed by atoms with E-state index >= 15 is 0 Å². The Balaban J connectivity index is 1.93. The number of hydrogen-bond donors (Lipinski definition) is 0. The van der Waals surface area contributed by atoms with Gasteiger partial charge in [0.2, 0.25) is 6.29 Å². The fourth-order valence-corrected chi connectivity index (χ4v) is 3.80. The zero-order valence-corrected chi connectivity index (χ0v) is 18.8. The minimum absolute atomic E-state index is 0.221. The Hall–Kier alpha value is -2.79. The first-order valence-corrected chi connectivity index (χ1v) is 11.3. The maximum atomic E-state index is 6.79. The maximum absolute atomic E-state index is 6.79. The highest BCUT2D eigenvalue weighted by Crippen LogP contribution is 2.37. The molecular formula is C26H33N3O2. The zero-order chi connectivity index (χ0) is 21.9. The summed E-state index contributed by atoms with van der Waals surface area (Å²) in [6.45, 7) is 6.64. The minimum atomic E-state index is -0.515. The second-order valence-electron chi connectivity index (χ2n) is 7.83. The predicted molar refractivity (Wildman–Crippen MR) is 124 cm³/mol. The number of para-hydroxylation sites is 1. The van der Waals surface area contributed by atoms with Crippen LogP contribution in [-0.2, 0) is 4.74 Å². The van der Waals surface area contributed by atoms with E-state index < -0.39 is 6.29 Å². The van der Waals surface area contributed by atoms with E-state index in [1.54, 1.807) is 6.20 Å². The molecule has 0 N–H and O–H groups in total. The predicted octanol–water partition coefficient (Wildman–Crippen LogP) is 6.77. The number of nitrogens with zero attached hydrogens (tertiary/aromatic N) is 3. The van der Waals surface area contributed by atoms with Crippen LogP contribution in [0.2, 0.25) is 0 Å². The van der Waals surface area contributed by atoms with Crippen LogP contribution in [0, 0.1) is 0 Å². The lowest BCUT2D eigenvalue weighted by atomic mass is 9.90. The van der Waals surface area contributed by atoms with Crippen molar-refractivity contribution >= 4 is 0 Å². The van der Waals surface area contributed by atoms with Crippen LogP contribution in [0.3, 0.4) is 0 Å². The standard InChI is InChI=1S/C26H33N3O2/c1-4-7-13-19-26(5-2,6-3)31-25(21-14-9-8-10-15-21)30-24-17-12-11-16-22(24)23-18-20-27-29-28-23/h8-12,14-18,20,25H,4-7,13,19H2,1-3H3. The molecule has 1 heterocycles. The molecule has 3 aromatic rings. The molecule has 0 fully saturated rings. The smallest absolute Gasteiger partial charge is 0.227 e. The van der Waals surface area contributed by atoms with Gasteiger partial charge in [0.1, 0.15) is 11.4 Å². The summed E-state index contributed by atoms with van der Waals surface area (Å²) < 4.78 is 13.3. The Morgan fingerprint density at radius 3 is 2.29 bits per heavy atom. The fourth-order valence-electron chi connectivity index (χ4n) is 3.80. The summed E-state index contributed by atoms with van der Waals surface area (Å²) in [7, 11) is 0. The third-order valence-electron chi connectivity index (χ3n) is 5.85. The molecule has 0 spiro atoms. The van der Waals surface area contributed by atoms with Gasteiger partial charge in [-0.2, -0.15) is 0 Å². The SMILES string of the molecule is CCCCCC(CC)(CC)OC(Oc1ccccc1-c1ccnnn1)c1ccccc1. The third kappa shape index (κ3) is 6.11. The lowest BCUT2D eigenvalue weighted by molar-refractivity contribution is -0.183. The largest absolute Gasteiger partial charge is 0.460 e. The summed E-state index contributed by atoms with van der Waals surface area (Å²) >= 11 is 0. The molecule has 0 bridgehead atoms. The van der Waals surface area contributed by atoms with E-state index in [0.29, 0.717) is 5.75 Å². The Kier molecular flexibility index (Phi) is 8.53. The fraction of sp³-hybridized carbons (Fsp3) is 0.423. The van der Waals surface area contributed by atoms with Gasteiger partial charge in [-0.3, -0.25) is 0 Å². The van der Waals surface area contributed by atoms with Gasteiger partial charge in [-0.05, 0) is 42.7 Å². The molecule has 0 amide bonds. The van der Waals surface area contributed by atoms with Crippen molar-refractivity contribution in [2.45, 2.75) is 71.2 Å². The number of rotatable bonds is 12.